The molecule has 1 aliphatic rings. The molecule has 130 valence electrons. The van der Waals surface area contributed by atoms with Gasteiger partial charge < -0.3 is 9.42 Å². The standard InChI is InChI=1S/C17H24BrN5O/c1-3-4-5-15-20-17(24-21-15)13(2)22-8-10-23(11-9-22)16-7-6-14(18)12-19-16/h6-7,12-13H,3-5,8-11H2,1-2H3. The predicted molar refractivity (Wildman–Crippen MR) is 97.0 cm³/mol. The molecule has 0 radical (unpaired) electrons. The van der Waals surface area contributed by atoms with Crippen molar-refractivity contribution in [2.24, 2.45) is 0 Å². The van der Waals surface area contributed by atoms with Gasteiger partial charge in [-0.25, -0.2) is 4.98 Å². The molecule has 7 heteroatoms. The van der Waals surface area contributed by atoms with Crippen LogP contribution in [0.15, 0.2) is 27.3 Å². The van der Waals surface area contributed by atoms with Crippen molar-refractivity contribution in [3.8, 4) is 0 Å². The third kappa shape index (κ3) is 4.13. The Morgan fingerprint density at radius 1 is 1.25 bits per heavy atom. The van der Waals surface area contributed by atoms with Crippen LogP contribution in [0.1, 0.15) is 44.4 Å². The van der Waals surface area contributed by atoms with Crippen LogP contribution in [0.3, 0.4) is 0 Å². The van der Waals surface area contributed by atoms with Crippen LogP contribution in [-0.4, -0.2) is 46.2 Å². The minimum Gasteiger partial charge on any atom is -0.354 e. The van der Waals surface area contributed by atoms with Crippen LogP contribution >= 0.6 is 15.9 Å². The molecular formula is C17H24BrN5O. The smallest absolute Gasteiger partial charge is 0.243 e. The number of aryl methyl sites for hydroxylation is 1. The number of piperazine rings is 1. The van der Waals surface area contributed by atoms with Crippen LogP contribution in [0.2, 0.25) is 0 Å². The Morgan fingerprint density at radius 2 is 2.04 bits per heavy atom. The molecule has 1 atom stereocenters. The first-order valence-corrected chi connectivity index (χ1v) is 9.39. The molecule has 3 heterocycles. The Kier molecular flexibility index (Phi) is 5.84. The number of halogens is 1. The van der Waals surface area contributed by atoms with Crippen LogP contribution in [0.5, 0.6) is 0 Å². The fourth-order valence-corrected chi connectivity index (χ4v) is 3.16. The van der Waals surface area contributed by atoms with E-state index in [0.717, 1.165) is 67.4 Å². The molecule has 0 aromatic carbocycles. The molecule has 1 fully saturated rings. The summed E-state index contributed by atoms with van der Waals surface area (Å²) in [6.07, 6.45) is 4.99. The molecule has 1 saturated heterocycles. The number of rotatable bonds is 6. The summed E-state index contributed by atoms with van der Waals surface area (Å²) in [5, 5.41) is 4.10. The summed E-state index contributed by atoms with van der Waals surface area (Å²) in [6, 6.07) is 4.25. The maximum atomic E-state index is 5.47. The molecule has 2 aromatic rings. The van der Waals surface area contributed by atoms with Crippen LogP contribution < -0.4 is 4.90 Å². The topological polar surface area (TPSA) is 58.3 Å². The number of hydrogen-bond acceptors (Lipinski definition) is 6. The highest BCUT2D eigenvalue weighted by Crippen LogP contribution is 2.23. The van der Waals surface area contributed by atoms with Gasteiger partial charge in [-0.3, -0.25) is 4.90 Å². The van der Waals surface area contributed by atoms with Crippen molar-refractivity contribution in [3.05, 3.63) is 34.5 Å². The van der Waals surface area contributed by atoms with Gasteiger partial charge in [-0.2, -0.15) is 4.98 Å². The monoisotopic (exact) mass is 393 g/mol. The lowest BCUT2D eigenvalue weighted by molar-refractivity contribution is 0.164. The van der Waals surface area contributed by atoms with Crippen molar-refractivity contribution in [2.75, 3.05) is 31.1 Å². The molecule has 0 saturated carbocycles. The van der Waals surface area contributed by atoms with Gasteiger partial charge in [0.2, 0.25) is 5.89 Å². The van der Waals surface area contributed by atoms with Gasteiger partial charge in [0, 0.05) is 43.3 Å². The molecule has 2 aromatic heterocycles. The molecule has 24 heavy (non-hydrogen) atoms. The fraction of sp³-hybridized carbons (Fsp3) is 0.588. The lowest BCUT2D eigenvalue weighted by Crippen LogP contribution is -2.47. The summed E-state index contributed by atoms with van der Waals surface area (Å²) < 4.78 is 6.48. The second-order valence-electron chi connectivity index (χ2n) is 6.19. The Labute approximate surface area is 151 Å². The number of hydrogen-bond donors (Lipinski definition) is 0. The zero-order chi connectivity index (χ0) is 16.9. The summed E-state index contributed by atoms with van der Waals surface area (Å²) in [5.41, 5.74) is 0. The van der Waals surface area contributed by atoms with Gasteiger partial charge in [-0.1, -0.05) is 18.5 Å². The van der Waals surface area contributed by atoms with Crippen LogP contribution in [-0.2, 0) is 6.42 Å². The highest BCUT2D eigenvalue weighted by molar-refractivity contribution is 9.10. The third-order valence-corrected chi connectivity index (χ3v) is 4.96. The molecule has 0 N–H and O–H groups in total. The van der Waals surface area contributed by atoms with Crippen molar-refractivity contribution >= 4 is 21.7 Å². The average Bonchev–Trinajstić information content (AvgIpc) is 3.09. The van der Waals surface area contributed by atoms with E-state index in [2.05, 4.69) is 60.8 Å². The highest BCUT2D eigenvalue weighted by Gasteiger charge is 2.26. The van der Waals surface area contributed by atoms with Crippen molar-refractivity contribution < 1.29 is 4.52 Å². The largest absolute Gasteiger partial charge is 0.354 e. The second kappa shape index (κ2) is 8.07. The molecule has 0 amide bonds. The maximum Gasteiger partial charge on any atom is 0.243 e. The Morgan fingerprint density at radius 3 is 2.71 bits per heavy atom. The van der Waals surface area contributed by atoms with Gasteiger partial charge in [-0.15, -0.1) is 0 Å². The summed E-state index contributed by atoms with van der Waals surface area (Å²) in [6.45, 7) is 8.15. The van der Waals surface area contributed by atoms with Gasteiger partial charge in [0.1, 0.15) is 5.82 Å². The summed E-state index contributed by atoms with van der Waals surface area (Å²) in [4.78, 5) is 13.8. The maximum absolute atomic E-state index is 5.47. The van der Waals surface area contributed by atoms with E-state index >= 15 is 0 Å². The molecule has 1 unspecified atom stereocenters. The van der Waals surface area contributed by atoms with Crippen molar-refractivity contribution in [1.29, 1.82) is 0 Å². The van der Waals surface area contributed by atoms with Crippen LogP contribution in [0.4, 0.5) is 5.82 Å². The molecule has 3 rings (SSSR count). The third-order valence-electron chi connectivity index (χ3n) is 4.49. The van der Waals surface area contributed by atoms with Crippen LogP contribution in [0, 0.1) is 0 Å². The van der Waals surface area contributed by atoms with Crippen molar-refractivity contribution in [1.82, 2.24) is 20.0 Å². The van der Waals surface area contributed by atoms with Crippen molar-refractivity contribution in [2.45, 2.75) is 39.2 Å². The Hall–Kier alpha value is -1.47. The Balaban J connectivity index is 1.55. The predicted octanol–water partition coefficient (Wildman–Crippen LogP) is 3.45. The number of aromatic nitrogens is 3. The number of unbranched alkanes of at least 4 members (excludes halogenated alkanes) is 1. The number of pyridine rings is 1. The molecule has 1 aliphatic heterocycles. The van der Waals surface area contributed by atoms with E-state index in [9.17, 15) is 0 Å². The summed E-state index contributed by atoms with van der Waals surface area (Å²) in [7, 11) is 0. The first-order chi connectivity index (χ1) is 11.7. The lowest BCUT2D eigenvalue weighted by atomic mass is 10.2. The van der Waals surface area contributed by atoms with E-state index in [1.807, 2.05) is 12.3 Å². The van der Waals surface area contributed by atoms with Gasteiger partial charge in [0.05, 0.1) is 6.04 Å². The van der Waals surface area contributed by atoms with Crippen molar-refractivity contribution in [3.63, 3.8) is 0 Å². The van der Waals surface area contributed by atoms with E-state index in [0.29, 0.717) is 0 Å². The van der Waals surface area contributed by atoms with E-state index in [-0.39, 0.29) is 6.04 Å². The first-order valence-electron chi connectivity index (χ1n) is 8.60. The molecule has 6 nitrogen and oxygen atoms in total. The summed E-state index contributed by atoms with van der Waals surface area (Å²) >= 11 is 3.43. The minimum atomic E-state index is 0.160. The SMILES string of the molecule is CCCCc1noc(C(C)N2CCN(c3ccc(Br)cn3)CC2)n1. The van der Waals surface area contributed by atoms with Gasteiger partial charge in [-0.05, 0) is 41.4 Å². The zero-order valence-corrected chi connectivity index (χ0v) is 15.9. The molecule has 0 bridgehead atoms. The highest BCUT2D eigenvalue weighted by atomic mass is 79.9. The van der Waals surface area contributed by atoms with E-state index < -0.39 is 0 Å². The second-order valence-corrected chi connectivity index (χ2v) is 7.10. The van der Waals surface area contributed by atoms with Gasteiger partial charge >= 0.3 is 0 Å². The molecule has 0 aliphatic carbocycles. The van der Waals surface area contributed by atoms with Crippen LogP contribution in [0.25, 0.3) is 0 Å². The Bertz CT molecular complexity index is 637. The molecule has 0 spiro atoms. The lowest BCUT2D eigenvalue weighted by Gasteiger charge is -2.37. The average molecular weight is 394 g/mol. The van der Waals surface area contributed by atoms with Gasteiger partial charge in [0.25, 0.3) is 0 Å². The first kappa shape index (κ1) is 17.4. The normalized spacial score (nSPS) is 17.2. The zero-order valence-electron chi connectivity index (χ0n) is 14.3. The summed E-state index contributed by atoms with van der Waals surface area (Å²) in [5.74, 6) is 2.60. The number of anilines is 1. The van der Waals surface area contributed by atoms with E-state index in [1.54, 1.807) is 0 Å². The fourth-order valence-electron chi connectivity index (χ4n) is 2.92. The van der Waals surface area contributed by atoms with E-state index in [4.69, 9.17) is 4.52 Å². The molecular weight excluding hydrogens is 370 g/mol. The quantitative estimate of drug-likeness (QED) is 0.748. The minimum absolute atomic E-state index is 0.160. The number of nitrogens with zero attached hydrogens (tertiary/aromatic N) is 5. The van der Waals surface area contributed by atoms with E-state index in [1.165, 1.54) is 0 Å². The van der Waals surface area contributed by atoms with Gasteiger partial charge in [0.15, 0.2) is 5.82 Å².